The molecule has 0 radical (unpaired) electrons. The van der Waals surface area contributed by atoms with Crippen molar-refractivity contribution >= 4 is 5.97 Å². The first-order valence-corrected chi connectivity index (χ1v) is 6.54. The average Bonchev–Trinajstić information content (AvgIpc) is 2.68. The lowest BCUT2D eigenvalue weighted by atomic mass is 10.1. The van der Waals surface area contributed by atoms with Gasteiger partial charge in [0.2, 0.25) is 0 Å². The molecular formula is C14H18N4O2. The predicted octanol–water partition coefficient (Wildman–Crippen LogP) is 1.69. The Morgan fingerprint density at radius 2 is 2.00 bits per heavy atom. The van der Waals surface area contributed by atoms with Gasteiger partial charge in [-0.05, 0) is 39.8 Å². The summed E-state index contributed by atoms with van der Waals surface area (Å²) in [7, 11) is 0. The fraction of sp³-hybridized carbons (Fsp3) is 0.429. The van der Waals surface area contributed by atoms with Crippen molar-refractivity contribution in [3.8, 4) is 5.82 Å². The molecule has 0 spiro atoms. The van der Waals surface area contributed by atoms with Crippen molar-refractivity contribution in [3.05, 3.63) is 34.8 Å². The Labute approximate surface area is 117 Å². The van der Waals surface area contributed by atoms with E-state index in [1.807, 2.05) is 32.9 Å². The van der Waals surface area contributed by atoms with E-state index in [0.717, 1.165) is 22.6 Å². The SMILES string of the molecule is CCOC(=O)Cc1c(C)nn(-c2ccc(C)nn2)c1C. The third kappa shape index (κ3) is 2.84. The quantitative estimate of drug-likeness (QED) is 0.793. The molecule has 20 heavy (non-hydrogen) atoms. The van der Waals surface area contributed by atoms with Gasteiger partial charge in [0.25, 0.3) is 0 Å². The van der Waals surface area contributed by atoms with E-state index in [2.05, 4.69) is 15.3 Å². The fourth-order valence-electron chi connectivity index (χ4n) is 2.02. The molecule has 0 aromatic carbocycles. The van der Waals surface area contributed by atoms with Gasteiger partial charge in [-0.3, -0.25) is 4.79 Å². The van der Waals surface area contributed by atoms with Crippen molar-refractivity contribution < 1.29 is 9.53 Å². The summed E-state index contributed by atoms with van der Waals surface area (Å²) in [5.41, 5.74) is 3.42. The van der Waals surface area contributed by atoms with E-state index in [1.165, 1.54) is 0 Å². The van der Waals surface area contributed by atoms with Crippen LogP contribution in [0.4, 0.5) is 0 Å². The molecule has 6 heteroatoms. The minimum atomic E-state index is -0.242. The second kappa shape index (κ2) is 5.81. The molecule has 0 fully saturated rings. The molecule has 0 aliphatic rings. The highest BCUT2D eigenvalue weighted by Crippen LogP contribution is 2.17. The van der Waals surface area contributed by atoms with Gasteiger partial charge in [0, 0.05) is 11.3 Å². The highest BCUT2D eigenvalue weighted by molar-refractivity contribution is 5.73. The zero-order valence-electron chi connectivity index (χ0n) is 12.2. The maximum absolute atomic E-state index is 11.6. The van der Waals surface area contributed by atoms with Crippen LogP contribution in [-0.4, -0.2) is 32.6 Å². The standard InChI is InChI=1S/C14H18N4O2/c1-5-20-14(19)8-12-10(3)17-18(11(12)4)13-7-6-9(2)15-16-13/h6-7H,5,8H2,1-4H3. The van der Waals surface area contributed by atoms with Crippen LogP contribution in [0.2, 0.25) is 0 Å². The number of carbonyl (C=O) groups is 1. The first-order valence-electron chi connectivity index (χ1n) is 6.54. The number of nitrogens with zero attached hydrogens (tertiary/aromatic N) is 4. The van der Waals surface area contributed by atoms with Gasteiger partial charge in [-0.25, -0.2) is 4.68 Å². The summed E-state index contributed by atoms with van der Waals surface area (Å²) in [5, 5.41) is 12.6. The van der Waals surface area contributed by atoms with Gasteiger partial charge in [0.15, 0.2) is 5.82 Å². The number of aromatic nitrogens is 4. The van der Waals surface area contributed by atoms with E-state index >= 15 is 0 Å². The van der Waals surface area contributed by atoms with E-state index in [1.54, 1.807) is 11.6 Å². The maximum Gasteiger partial charge on any atom is 0.310 e. The predicted molar refractivity (Wildman–Crippen MR) is 73.7 cm³/mol. The minimum absolute atomic E-state index is 0.227. The van der Waals surface area contributed by atoms with Gasteiger partial charge in [-0.15, -0.1) is 5.10 Å². The topological polar surface area (TPSA) is 69.9 Å². The van der Waals surface area contributed by atoms with Crippen molar-refractivity contribution in [1.82, 2.24) is 20.0 Å². The van der Waals surface area contributed by atoms with E-state index in [0.29, 0.717) is 12.4 Å². The van der Waals surface area contributed by atoms with Crippen molar-refractivity contribution in [2.45, 2.75) is 34.1 Å². The van der Waals surface area contributed by atoms with Crippen molar-refractivity contribution in [1.29, 1.82) is 0 Å². The molecule has 0 aliphatic heterocycles. The summed E-state index contributed by atoms with van der Waals surface area (Å²) in [6.07, 6.45) is 0.227. The van der Waals surface area contributed by atoms with E-state index in [-0.39, 0.29) is 12.4 Å². The molecule has 0 aliphatic carbocycles. The second-order valence-electron chi connectivity index (χ2n) is 4.58. The highest BCUT2D eigenvalue weighted by atomic mass is 16.5. The van der Waals surface area contributed by atoms with Crippen molar-refractivity contribution in [2.24, 2.45) is 0 Å². The molecule has 2 rings (SSSR count). The van der Waals surface area contributed by atoms with Crippen LogP contribution in [0.1, 0.15) is 29.6 Å². The molecule has 106 valence electrons. The molecule has 2 aromatic heterocycles. The van der Waals surface area contributed by atoms with Crippen LogP contribution in [-0.2, 0) is 16.0 Å². The zero-order chi connectivity index (χ0) is 14.7. The number of ether oxygens (including phenoxy) is 1. The first kappa shape index (κ1) is 14.2. The molecule has 0 amide bonds. The van der Waals surface area contributed by atoms with Crippen molar-refractivity contribution in [2.75, 3.05) is 6.61 Å². The molecule has 0 atom stereocenters. The second-order valence-corrected chi connectivity index (χ2v) is 4.58. The van der Waals surface area contributed by atoms with Gasteiger partial charge in [0.1, 0.15) is 0 Å². The third-order valence-corrected chi connectivity index (χ3v) is 3.07. The largest absolute Gasteiger partial charge is 0.466 e. The summed E-state index contributed by atoms with van der Waals surface area (Å²) in [6, 6.07) is 3.74. The number of carbonyl (C=O) groups excluding carboxylic acids is 1. The Morgan fingerprint density at radius 1 is 1.25 bits per heavy atom. The third-order valence-electron chi connectivity index (χ3n) is 3.07. The van der Waals surface area contributed by atoms with E-state index < -0.39 is 0 Å². The molecule has 0 bridgehead atoms. The smallest absolute Gasteiger partial charge is 0.310 e. The van der Waals surface area contributed by atoms with Crippen LogP contribution in [0.3, 0.4) is 0 Å². The Morgan fingerprint density at radius 3 is 2.60 bits per heavy atom. The summed E-state index contributed by atoms with van der Waals surface area (Å²) in [6.45, 7) is 7.84. The summed E-state index contributed by atoms with van der Waals surface area (Å²) in [5.74, 6) is 0.402. The molecule has 0 saturated carbocycles. The summed E-state index contributed by atoms with van der Waals surface area (Å²) >= 11 is 0. The van der Waals surface area contributed by atoms with Gasteiger partial charge < -0.3 is 4.74 Å². The lowest BCUT2D eigenvalue weighted by Gasteiger charge is -2.04. The van der Waals surface area contributed by atoms with Crippen LogP contribution in [0.5, 0.6) is 0 Å². The van der Waals surface area contributed by atoms with Gasteiger partial charge >= 0.3 is 5.97 Å². The Kier molecular flexibility index (Phi) is 4.12. The summed E-state index contributed by atoms with van der Waals surface area (Å²) < 4.78 is 6.69. The fourth-order valence-corrected chi connectivity index (χ4v) is 2.02. The number of aryl methyl sites for hydroxylation is 2. The highest BCUT2D eigenvalue weighted by Gasteiger charge is 2.17. The van der Waals surface area contributed by atoms with Crippen LogP contribution in [0.25, 0.3) is 5.82 Å². The average molecular weight is 274 g/mol. The first-order chi connectivity index (χ1) is 9.52. The number of hydrogen-bond acceptors (Lipinski definition) is 5. The molecule has 2 heterocycles. The minimum Gasteiger partial charge on any atom is -0.466 e. The molecule has 0 saturated heterocycles. The van der Waals surface area contributed by atoms with Gasteiger partial charge in [-0.2, -0.15) is 10.2 Å². The van der Waals surface area contributed by atoms with Crippen molar-refractivity contribution in [3.63, 3.8) is 0 Å². The molecule has 2 aromatic rings. The lowest BCUT2D eigenvalue weighted by molar-refractivity contribution is -0.142. The lowest BCUT2D eigenvalue weighted by Crippen LogP contribution is -2.09. The molecule has 6 nitrogen and oxygen atoms in total. The Hall–Kier alpha value is -2.24. The number of esters is 1. The van der Waals surface area contributed by atoms with Crippen LogP contribution < -0.4 is 0 Å². The van der Waals surface area contributed by atoms with Gasteiger partial charge in [-0.1, -0.05) is 0 Å². The van der Waals surface area contributed by atoms with E-state index in [4.69, 9.17) is 4.74 Å². The van der Waals surface area contributed by atoms with Gasteiger partial charge in [0.05, 0.1) is 24.4 Å². The molecular weight excluding hydrogens is 256 g/mol. The van der Waals surface area contributed by atoms with Crippen LogP contribution in [0, 0.1) is 20.8 Å². The molecule has 0 unspecified atom stereocenters. The normalized spacial score (nSPS) is 10.6. The summed E-state index contributed by atoms with van der Waals surface area (Å²) in [4.78, 5) is 11.6. The Balaban J connectivity index is 2.33. The number of hydrogen-bond donors (Lipinski definition) is 0. The number of rotatable bonds is 4. The molecule has 0 N–H and O–H groups in total. The van der Waals surface area contributed by atoms with Crippen LogP contribution in [0.15, 0.2) is 12.1 Å². The Bertz CT molecular complexity index is 617. The zero-order valence-corrected chi connectivity index (χ0v) is 12.2. The monoisotopic (exact) mass is 274 g/mol. The van der Waals surface area contributed by atoms with Crippen LogP contribution >= 0.6 is 0 Å². The van der Waals surface area contributed by atoms with E-state index in [9.17, 15) is 4.79 Å². The maximum atomic E-state index is 11.6.